The zero-order chi connectivity index (χ0) is 23.3. The summed E-state index contributed by atoms with van der Waals surface area (Å²) < 4.78 is 5.57. The molecule has 0 fully saturated rings. The zero-order valence-corrected chi connectivity index (χ0v) is 18.7. The standard InChI is InChI=1S/C25H30N2O5/c1-16(14-23(29)30)26-22(28)12-13-25(2,3)27-24(31)32-15-21-19-10-6-4-8-17(19)18-9-5-7-11-20(18)21/h4-11,16,21H,12-15H2,1-3H3,(H,26,28)(H,27,31)(H,29,30)/t16-/m1/s1. The Morgan fingerprint density at radius 2 is 1.59 bits per heavy atom. The van der Waals surface area contributed by atoms with E-state index < -0.39 is 23.6 Å². The fourth-order valence-corrected chi connectivity index (χ4v) is 4.06. The van der Waals surface area contributed by atoms with E-state index in [2.05, 4.69) is 34.9 Å². The maximum absolute atomic E-state index is 12.5. The number of carboxylic acids is 1. The molecule has 2 amide bonds. The number of carbonyl (C=O) groups is 3. The van der Waals surface area contributed by atoms with Crippen molar-refractivity contribution in [2.45, 2.75) is 57.5 Å². The lowest BCUT2D eigenvalue weighted by molar-refractivity contribution is -0.137. The molecule has 3 rings (SSSR count). The summed E-state index contributed by atoms with van der Waals surface area (Å²) in [6.45, 7) is 5.51. The smallest absolute Gasteiger partial charge is 0.407 e. The first kappa shape index (κ1) is 23.3. The number of carbonyl (C=O) groups excluding carboxylic acids is 2. The van der Waals surface area contributed by atoms with Crippen LogP contribution in [0.2, 0.25) is 0 Å². The molecular formula is C25H30N2O5. The van der Waals surface area contributed by atoms with Crippen LogP contribution in [0.4, 0.5) is 4.79 Å². The fraction of sp³-hybridized carbons (Fsp3) is 0.400. The van der Waals surface area contributed by atoms with Crippen LogP contribution >= 0.6 is 0 Å². The maximum Gasteiger partial charge on any atom is 0.407 e. The minimum Gasteiger partial charge on any atom is -0.481 e. The summed E-state index contributed by atoms with van der Waals surface area (Å²) in [4.78, 5) is 35.2. The largest absolute Gasteiger partial charge is 0.481 e. The number of nitrogens with one attached hydrogen (secondary N) is 2. The molecule has 0 aliphatic heterocycles. The fourth-order valence-electron chi connectivity index (χ4n) is 4.06. The first-order chi connectivity index (χ1) is 15.2. The van der Waals surface area contributed by atoms with Crippen molar-refractivity contribution >= 4 is 18.0 Å². The van der Waals surface area contributed by atoms with Gasteiger partial charge in [-0.1, -0.05) is 48.5 Å². The van der Waals surface area contributed by atoms with Gasteiger partial charge in [0.1, 0.15) is 6.61 Å². The van der Waals surface area contributed by atoms with Crippen LogP contribution in [0.3, 0.4) is 0 Å². The number of ether oxygens (including phenoxy) is 1. The van der Waals surface area contributed by atoms with Crippen LogP contribution in [0.25, 0.3) is 11.1 Å². The molecule has 32 heavy (non-hydrogen) atoms. The second-order valence-corrected chi connectivity index (χ2v) is 8.90. The molecule has 0 heterocycles. The quantitative estimate of drug-likeness (QED) is 0.548. The van der Waals surface area contributed by atoms with E-state index in [0.717, 1.165) is 11.1 Å². The molecule has 0 saturated heterocycles. The molecule has 2 aromatic rings. The number of rotatable bonds is 9. The molecule has 0 saturated carbocycles. The van der Waals surface area contributed by atoms with Gasteiger partial charge in [0.2, 0.25) is 5.91 Å². The van der Waals surface area contributed by atoms with Crippen molar-refractivity contribution in [2.75, 3.05) is 6.61 Å². The lowest BCUT2D eigenvalue weighted by atomic mass is 9.98. The summed E-state index contributed by atoms with van der Waals surface area (Å²) in [6, 6.07) is 15.8. The summed E-state index contributed by atoms with van der Waals surface area (Å²) in [5, 5.41) is 14.3. The van der Waals surface area contributed by atoms with E-state index in [4.69, 9.17) is 9.84 Å². The van der Waals surface area contributed by atoms with Crippen LogP contribution in [-0.4, -0.2) is 41.3 Å². The predicted molar refractivity (Wildman–Crippen MR) is 121 cm³/mol. The topological polar surface area (TPSA) is 105 Å². The average Bonchev–Trinajstić information content (AvgIpc) is 3.04. The van der Waals surface area contributed by atoms with Crippen LogP contribution in [0.5, 0.6) is 0 Å². The number of hydrogen-bond acceptors (Lipinski definition) is 4. The van der Waals surface area contributed by atoms with Crippen LogP contribution in [0.15, 0.2) is 48.5 Å². The number of fused-ring (bicyclic) bond motifs is 3. The minimum absolute atomic E-state index is 0.0160. The van der Waals surface area contributed by atoms with Gasteiger partial charge in [0, 0.05) is 23.9 Å². The van der Waals surface area contributed by atoms with Gasteiger partial charge in [-0.25, -0.2) is 4.79 Å². The van der Waals surface area contributed by atoms with Gasteiger partial charge in [0.05, 0.1) is 6.42 Å². The van der Waals surface area contributed by atoms with Crippen molar-refractivity contribution in [1.29, 1.82) is 0 Å². The summed E-state index contributed by atoms with van der Waals surface area (Å²) in [6.07, 6.45) is -0.104. The van der Waals surface area contributed by atoms with Crippen LogP contribution in [-0.2, 0) is 14.3 Å². The predicted octanol–water partition coefficient (Wildman–Crippen LogP) is 4.06. The van der Waals surface area contributed by atoms with E-state index >= 15 is 0 Å². The number of benzene rings is 2. The minimum atomic E-state index is -0.963. The third-order valence-corrected chi connectivity index (χ3v) is 5.65. The van der Waals surface area contributed by atoms with Crippen LogP contribution < -0.4 is 10.6 Å². The highest BCUT2D eigenvalue weighted by Gasteiger charge is 2.30. The molecule has 0 bridgehead atoms. The Morgan fingerprint density at radius 3 is 2.16 bits per heavy atom. The van der Waals surface area contributed by atoms with Crippen molar-refractivity contribution in [2.24, 2.45) is 0 Å². The van der Waals surface area contributed by atoms with Gasteiger partial charge >= 0.3 is 12.1 Å². The molecule has 1 aliphatic rings. The Kier molecular flexibility index (Phi) is 7.18. The number of alkyl carbamates (subject to hydrolysis) is 1. The Morgan fingerprint density at radius 1 is 1.03 bits per heavy atom. The Hall–Kier alpha value is -3.35. The van der Waals surface area contributed by atoms with E-state index in [1.165, 1.54) is 11.1 Å². The second kappa shape index (κ2) is 9.85. The summed E-state index contributed by atoms with van der Waals surface area (Å²) in [7, 11) is 0. The number of amides is 2. The Balaban J connectivity index is 1.51. The molecule has 2 aromatic carbocycles. The van der Waals surface area contributed by atoms with E-state index in [9.17, 15) is 14.4 Å². The summed E-state index contributed by atoms with van der Waals surface area (Å²) in [5.74, 6) is -1.23. The third-order valence-electron chi connectivity index (χ3n) is 5.65. The van der Waals surface area contributed by atoms with Gasteiger partial charge in [-0.15, -0.1) is 0 Å². The highest BCUT2D eigenvalue weighted by Crippen LogP contribution is 2.44. The highest BCUT2D eigenvalue weighted by atomic mass is 16.5. The third kappa shape index (κ3) is 5.87. The molecule has 0 unspecified atom stereocenters. The highest BCUT2D eigenvalue weighted by molar-refractivity contribution is 5.79. The Bertz CT molecular complexity index is 956. The summed E-state index contributed by atoms with van der Waals surface area (Å²) in [5.41, 5.74) is 3.97. The molecule has 7 nitrogen and oxygen atoms in total. The van der Waals surface area contributed by atoms with Crippen molar-refractivity contribution in [3.63, 3.8) is 0 Å². The molecule has 7 heteroatoms. The first-order valence-corrected chi connectivity index (χ1v) is 10.8. The normalized spacial score (nSPS) is 13.6. The number of hydrogen-bond donors (Lipinski definition) is 3. The second-order valence-electron chi connectivity index (χ2n) is 8.90. The zero-order valence-electron chi connectivity index (χ0n) is 18.7. The van der Waals surface area contributed by atoms with Crippen molar-refractivity contribution < 1.29 is 24.2 Å². The molecule has 0 aromatic heterocycles. The van der Waals surface area contributed by atoms with Gasteiger partial charge in [0.25, 0.3) is 0 Å². The first-order valence-electron chi connectivity index (χ1n) is 10.8. The lowest BCUT2D eigenvalue weighted by Crippen LogP contribution is -2.45. The number of carboxylic acid groups (broad SMARTS) is 1. The van der Waals surface area contributed by atoms with Gasteiger partial charge in [-0.2, -0.15) is 0 Å². The molecule has 1 atom stereocenters. The van der Waals surface area contributed by atoms with Gasteiger partial charge in [-0.3, -0.25) is 9.59 Å². The van der Waals surface area contributed by atoms with E-state index in [0.29, 0.717) is 6.42 Å². The molecule has 1 aliphatic carbocycles. The molecule has 170 valence electrons. The van der Waals surface area contributed by atoms with Crippen LogP contribution in [0.1, 0.15) is 57.1 Å². The SMILES string of the molecule is C[C@H](CC(=O)O)NC(=O)CCC(C)(C)NC(=O)OCC1c2ccccc2-c2ccccc21. The lowest BCUT2D eigenvalue weighted by Gasteiger charge is -2.26. The average molecular weight is 439 g/mol. The van der Waals surface area contributed by atoms with Gasteiger partial charge < -0.3 is 20.5 Å². The van der Waals surface area contributed by atoms with Crippen LogP contribution in [0, 0.1) is 0 Å². The van der Waals surface area contributed by atoms with E-state index in [1.807, 2.05) is 38.1 Å². The van der Waals surface area contributed by atoms with Crippen molar-refractivity contribution in [3.05, 3.63) is 59.7 Å². The Labute approximate surface area is 188 Å². The van der Waals surface area contributed by atoms with E-state index in [1.54, 1.807) is 6.92 Å². The molecule has 0 radical (unpaired) electrons. The molecule has 3 N–H and O–H groups in total. The van der Waals surface area contributed by atoms with Crippen molar-refractivity contribution in [1.82, 2.24) is 10.6 Å². The number of aliphatic carboxylic acids is 1. The summed E-state index contributed by atoms with van der Waals surface area (Å²) >= 11 is 0. The molecule has 0 spiro atoms. The van der Waals surface area contributed by atoms with E-state index in [-0.39, 0.29) is 31.3 Å². The molecular weight excluding hydrogens is 408 g/mol. The monoisotopic (exact) mass is 438 g/mol. The maximum atomic E-state index is 12.5. The van der Waals surface area contributed by atoms with Crippen molar-refractivity contribution in [3.8, 4) is 11.1 Å². The van der Waals surface area contributed by atoms with Gasteiger partial charge in [-0.05, 0) is 49.4 Å². The van der Waals surface area contributed by atoms with Gasteiger partial charge in [0.15, 0.2) is 0 Å².